The van der Waals surface area contributed by atoms with E-state index in [9.17, 15) is 4.79 Å². The summed E-state index contributed by atoms with van der Waals surface area (Å²) in [5, 5.41) is 11.7. The minimum atomic E-state index is -0.0346. The van der Waals surface area contributed by atoms with Gasteiger partial charge in [0.15, 0.2) is 4.34 Å². The molecule has 2 aromatic rings. The Morgan fingerprint density at radius 1 is 1.30 bits per heavy atom. The van der Waals surface area contributed by atoms with Gasteiger partial charge in [0.05, 0.1) is 5.75 Å². The lowest BCUT2D eigenvalue weighted by Gasteiger charge is -2.11. The number of nitrogens with zero attached hydrogens (tertiary/aromatic N) is 2. The number of anilines is 1. The van der Waals surface area contributed by atoms with Gasteiger partial charge >= 0.3 is 0 Å². The van der Waals surface area contributed by atoms with E-state index in [0.717, 1.165) is 30.6 Å². The van der Waals surface area contributed by atoms with Gasteiger partial charge in [-0.1, -0.05) is 39.0 Å². The maximum Gasteiger partial charge on any atom is 0.234 e. The zero-order valence-electron chi connectivity index (χ0n) is 11.4. The van der Waals surface area contributed by atoms with E-state index in [2.05, 4.69) is 31.4 Å². The van der Waals surface area contributed by atoms with Gasteiger partial charge in [-0.2, -0.15) is 0 Å². The summed E-state index contributed by atoms with van der Waals surface area (Å²) in [4.78, 5) is 12.0. The van der Waals surface area contributed by atoms with Crippen LogP contribution in [-0.4, -0.2) is 21.9 Å². The van der Waals surface area contributed by atoms with E-state index in [1.807, 2.05) is 32.9 Å². The quantitative estimate of drug-likeness (QED) is 0.826. The topological polar surface area (TPSA) is 54.9 Å². The Kier molecular flexibility index (Phi) is 5.17. The van der Waals surface area contributed by atoms with Gasteiger partial charge in [0.1, 0.15) is 5.01 Å². The van der Waals surface area contributed by atoms with Crippen LogP contribution >= 0.6 is 39.0 Å². The molecule has 0 saturated heterocycles. The molecule has 0 aliphatic heterocycles. The summed E-state index contributed by atoms with van der Waals surface area (Å²) in [5.74, 6) is 0.302. The van der Waals surface area contributed by atoms with E-state index in [1.165, 1.54) is 23.1 Å². The van der Waals surface area contributed by atoms with Gasteiger partial charge in [-0.3, -0.25) is 4.79 Å². The van der Waals surface area contributed by atoms with Crippen molar-refractivity contribution in [3.05, 3.63) is 32.7 Å². The van der Waals surface area contributed by atoms with Crippen LogP contribution in [0.25, 0.3) is 0 Å². The molecular weight excluding hydrogens is 358 g/mol. The van der Waals surface area contributed by atoms with Crippen molar-refractivity contribution in [1.82, 2.24) is 10.2 Å². The Balaban J connectivity index is 1.96. The third-order valence-electron chi connectivity index (χ3n) is 2.83. The van der Waals surface area contributed by atoms with Crippen molar-refractivity contribution in [2.75, 3.05) is 11.1 Å². The van der Waals surface area contributed by atoms with Crippen LogP contribution in [0.3, 0.4) is 0 Å². The predicted molar refractivity (Wildman–Crippen MR) is 87.6 cm³/mol. The molecule has 1 aromatic carbocycles. The summed E-state index contributed by atoms with van der Waals surface area (Å²) in [6.45, 7) is 5.92. The molecule has 7 heteroatoms. The number of hydrogen-bond acceptors (Lipinski definition) is 5. The van der Waals surface area contributed by atoms with Crippen LogP contribution in [0.1, 0.15) is 16.1 Å². The molecule has 0 radical (unpaired) electrons. The van der Waals surface area contributed by atoms with Gasteiger partial charge in [-0.05, 0) is 44.0 Å². The number of aromatic nitrogens is 2. The standard InChI is InChI=1S/C13H14BrN3OS2/c1-7-8(2)11(5-4-10(7)14)15-12(18)6-19-13-17-16-9(3)20-13/h4-5H,6H2,1-3H3,(H,15,18). The van der Waals surface area contributed by atoms with E-state index in [0.29, 0.717) is 5.75 Å². The largest absolute Gasteiger partial charge is 0.325 e. The van der Waals surface area contributed by atoms with Crippen molar-refractivity contribution in [2.24, 2.45) is 0 Å². The highest BCUT2D eigenvalue weighted by atomic mass is 79.9. The molecule has 2 rings (SSSR count). The first-order chi connectivity index (χ1) is 9.47. The lowest BCUT2D eigenvalue weighted by Crippen LogP contribution is -2.15. The van der Waals surface area contributed by atoms with E-state index < -0.39 is 0 Å². The summed E-state index contributed by atoms with van der Waals surface area (Å²) in [6.07, 6.45) is 0. The molecule has 106 valence electrons. The Bertz CT molecular complexity index is 643. The second-order valence-corrected chi connectivity index (χ2v) is 7.53. The van der Waals surface area contributed by atoms with Gasteiger partial charge in [0.2, 0.25) is 5.91 Å². The van der Waals surface area contributed by atoms with Gasteiger partial charge in [0.25, 0.3) is 0 Å². The van der Waals surface area contributed by atoms with Crippen LogP contribution in [0.4, 0.5) is 5.69 Å². The highest BCUT2D eigenvalue weighted by Crippen LogP contribution is 2.26. The Labute approximate surface area is 134 Å². The third kappa shape index (κ3) is 3.80. The first-order valence-corrected chi connectivity index (χ1v) is 8.55. The zero-order chi connectivity index (χ0) is 14.7. The average molecular weight is 372 g/mol. The molecule has 0 aliphatic rings. The second kappa shape index (κ2) is 6.69. The third-order valence-corrected chi connectivity index (χ3v) is 5.66. The van der Waals surface area contributed by atoms with Gasteiger partial charge < -0.3 is 5.32 Å². The van der Waals surface area contributed by atoms with Crippen LogP contribution in [0.5, 0.6) is 0 Å². The Morgan fingerprint density at radius 2 is 2.05 bits per heavy atom. The molecule has 4 nitrogen and oxygen atoms in total. The summed E-state index contributed by atoms with van der Waals surface area (Å²) in [7, 11) is 0. The first-order valence-electron chi connectivity index (χ1n) is 5.96. The summed E-state index contributed by atoms with van der Waals surface area (Å²) in [6, 6.07) is 3.85. The number of benzene rings is 1. The molecule has 0 bridgehead atoms. The predicted octanol–water partition coefficient (Wildman–Crippen LogP) is 3.96. The fraction of sp³-hybridized carbons (Fsp3) is 0.308. The number of nitrogens with one attached hydrogen (secondary N) is 1. The van der Waals surface area contributed by atoms with Crippen molar-refractivity contribution in [1.29, 1.82) is 0 Å². The van der Waals surface area contributed by atoms with Crippen molar-refractivity contribution < 1.29 is 4.79 Å². The highest BCUT2D eigenvalue weighted by molar-refractivity contribution is 9.10. The fourth-order valence-electron chi connectivity index (χ4n) is 1.57. The lowest BCUT2D eigenvalue weighted by atomic mass is 10.1. The van der Waals surface area contributed by atoms with Gasteiger partial charge in [0, 0.05) is 10.2 Å². The second-order valence-electron chi connectivity index (χ2n) is 4.27. The van der Waals surface area contributed by atoms with Crippen LogP contribution in [0.15, 0.2) is 20.9 Å². The molecular formula is C13H14BrN3OS2. The molecule has 20 heavy (non-hydrogen) atoms. The molecule has 0 aliphatic carbocycles. The monoisotopic (exact) mass is 371 g/mol. The minimum absolute atomic E-state index is 0.0346. The number of carbonyl (C=O) groups is 1. The SMILES string of the molecule is Cc1nnc(SCC(=O)Nc2ccc(Br)c(C)c2C)s1. The maximum atomic E-state index is 12.0. The minimum Gasteiger partial charge on any atom is -0.325 e. The summed E-state index contributed by atoms with van der Waals surface area (Å²) in [5.41, 5.74) is 3.06. The smallest absolute Gasteiger partial charge is 0.234 e. The first kappa shape index (κ1) is 15.5. The fourth-order valence-corrected chi connectivity index (χ4v) is 3.62. The molecule has 0 atom stereocenters. The highest BCUT2D eigenvalue weighted by Gasteiger charge is 2.10. The Morgan fingerprint density at radius 3 is 2.70 bits per heavy atom. The van der Waals surface area contributed by atoms with Crippen LogP contribution in [-0.2, 0) is 4.79 Å². The number of aryl methyl sites for hydroxylation is 1. The number of amides is 1. The zero-order valence-corrected chi connectivity index (χ0v) is 14.6. The maximum absolute atomic E-state index is 12.0. The van der Waals surface area contributed by atoms with E-state index in [1.54, 1.807) is 0 Å². The molecule has 1 N–H and O–H groups in total. The number of carbonyl (C=O) groups excluding carboxylic acids is 1. The molecule has 1 amide bonds. The van der Waals surface area contributed by atoms with E-state index >= 15 is 0 Å². The van der Waals surface area contributed by atoms with E-state index in [4.69, 9.17) is 0 Å². The van der Waals surface area contributed by atoms with Gasteiger partial charge in [-0.25, -0.2) is 0 Å². The van der Waals surface area contributed by atoms with Crippen LogP contribution < -0.4 is 5.32 Å². The van der Waals surface area contributed by atoms with Crippen molar-refractivity contribution in [3.8, 4) is 0 Å². The van der Waals surface area contributed by atoms with Crippen molar-refractivity contribution >= 4 is 50.6 Å². The molecule has 0 spiro atoms. The summed E-state index contributed by atoms with van der Waals surface area (Å²) >= 11 is 6.38. The molecule has 0 unspecified atom stereocenters. The average Bonchev–Trinajstić information content (AvgIpc) is 2.83. The number of rotatable bonds is 4. The van der Waals surface area contributed by atoms with Crippen LogP contribution in [0.2, 0.25) is 0 Å². The van der Waals surface area contributed by atoms with Crippen molar-refractivity contribution in [2.45, 2.75) is 25.1 Å². The van der Waals surface area contributed by atoms with Gasteiger partial charge in [-0.15, -0.1) is 10.2 Å². The normalized spacial score (nSPS) is 10.6. The Hall–Kier alpha value is -0.920. The summed E-state index contributed by atoms with van der Waals surface area (Å²) < 4.78 is 1.87. The van der Waals surface area contributed by atoms with E-state index in [-0.39, 0.29) is 5.91 Å². The molecule has 1 aromatic heterocycles. The molecule has 0 saturated carbocycles. The number of halogens is 1. The van der Waals surface area contributed by atoms with Crippen molar-refractivity contribution in [3.63, 3.8) is 0 Å². The number of thioether (sulfide) groups is 1. The number of hydrogen-bond donors (Lipinski definition) is 1. The molecule has 0 fully saturated rings. The molecule has 1 heterocycles. The van der Waals surface area contributed by atoms with Crippen LogP contribution in [0, 0.1) is 20.8 Å². The lowest BCUT2D eigenvalue weighted by molar-refractivity contribution is -0.113.